The molecular weight excluding hydrogens is 164 g/mol. The van der Waals surface area contributed by atoms with Crippen LogP contribution in [0.5, 0.6) is 0 Å². The number of piperazine rings is 1. The van der Waals surface area contributed by atoms with Crippen LogP contribution in [-0.2, 0) is 4.79 Å². The largest absolute Gasteiger partial charge is 0.340 e. The predicted octanol–water partition coefficient (Wildman–Crippen LogP) is 0.854. The fraction of sp³-hybridized carbons (Fsp3) is 0.900. The topological polar surface area (TPSA) is 32.3 Å². The summed E-state index contributed by atoms with van der Waals surface area (Å²) in [4.78, 5) is 13.4. The first-order valence-corrected chi connectivity index (χ1v) is 5.04. The molecule has 3 heteroatoms. The molecule has 1 N–H and O–H groups in total. The van der Waals surface area contributed by atoms with Crippen LogP contribution in [0, 0.1) is 5.41 Å². The lowest BCUT2D eigenvalue weighted by Crippen LogP contribution is -2.50. The number of rotatable bonds is 3. The van der Waals surface area contributed by atoms with E-state index in [4.69, 9.17) is 0 Å². The van der Waals surface area contributed by atoms with Gasteiger partial charge in [0, 0.05) is 19.6 Å². The van der Waals surface area contributed by atoms with E-state index in [9.17, 15) is 4.79 Å². The van der Waals surface area contributed by atoms with Crippen LogP contribution in [0.25, 0.3) is 0 Å². The highest BCUT2D eigenvalue weighted by Crippen LogP contribution is 2.21. The molecule has 0 saturated carbocycles. The molecule has 1 amide bonds. The molecule has 1 aliphatic rings. The van der Waals surface area contributed by atoms with Gasteiger partial charge in [-0.1, -0.05) is 20.8 Å². The van der Waals surface area contributed by atoms with E-state index in [1.807, 2.05) is 4.90 Å². The molecule has 1 heterocycles. The van der Waals surface area contributed by atoms with Gasteiger partial charge in [0.25, 0.3) is 0 Å². The molecule has 3 nitrogen and oxygen atoms in total. The van der Waals surface area contributed by atoms with Gasteiger partial charge < -0.3 is 10.2 Å². The summed E-state index contributed by atoms with van der Waals surface area (Å²) in [7, 11) is 0. The molecule has 1 saturated heterocycles. The molecule has 76 valence electrons. The van der Waals surface area contributed by atoms with E-state index in [0.29, 0.717) is 6.54 Å². The molecule has 0 aliphatic carbocycles. The van der Waals surface area contributed by atoms with Crippen LogP contribution in [0.2, 0.25) is 0 Å². The molecule has 0 atom stereocenters. The maximum atomic E-state index is 11.5. The normalized spacial score (nSPS) is 19.3. The molecule has 13 heavy (non-hydrogen) atoms. The maximum Gasteiger partial charge on any atom is 0.236 e. The van der Waals surface area contributed by atoms with Crippen molar-refractivity contribution in [3.63, 3.8) is 0 Å². The minimum Gasteiger partial charge on any atom is -0.340 e. The van der Waals surface area contributed by atoms with Gasteiger partial charge in [0.05, 0.1) is 6.54 Å². The van der Waals surface area contributed by atoms with Crippen LogP contribution >= 0.6 is 0 Å². The molecule has 1 aliphatic heterocycles. The Bertz CT molecular complexity index is 189. The third-order valence-corrected chi connectivity index (χ3v) is 2.76. The number of hydrogen-bond acceptors (Lipinski definition) is 2. The second-order valence-electron chi connectivity index (χ2n) is 4.51. The zero-order valence-corrected chi connectivity index (χ0v) is 8.89. The number of hydrogen-bond donors (Lipinski definition) is 1. The quantitative estimate of drug-likeness (QED) is 0.705. The molecule has 0 radical (unpaired) electrons. The van der Waals surface area contributed by atoms with Gasteiger partial charge in [-0.3, -0.25) is 4.79 Å². The molecule has 0 aromatic carbocycles. The summed E-state index contributed by atoms with van der Waals surface area (Å²) in [6.07, 6.45) is 1.12. The van der Waals surface area contributed by atoms with Crippen molar-refractivity contribution in [1.29, 1.82) is 0 Å². The van der Waals surface area contributed by atoms with Gasteiger partial charge >= 0.3 is 0 Å². The first-order chi connectivity index (χ1) is 6.05. The van der Waals surface area contributed by atoms with Crippen molar-refractivity contribution in [2.75, 3.05) is 26.2 Å². The van der Waals surface area contributed by atoms with Crippen molar-refractivity contribution in [3.8, 4) is 0 Å². The highest BCUT2D eigenvalue weighted by atomic mass is 16.2. The lowest BCUT2D eigenvalue weighted by Gasteiger charge is -2.34. The fourth-order valence-corrected chi connectivity index (χ4v) is 1.44. The Hall–Kier alpha value is -0.570. The highest BCUT2D eigenvalue weighted by molar-refractivity contribution is 5.79. The van der Waals surface area contributed by atoms with Crippen LogP contribution in [-0.4, -0.2) is 37.0 Å². The van der Waals surface area contributed by atoms with Crippen molar-refractivity contribution in [3.05, 3.63) is 0 Å². The molecule has 0 spiro atoms. The van der Waals surface area contributed by atoms with Crippen LogP contribution in [0.1, 0.15) is 27.2 Å². The molecule has 0 unspecified atom stereocenters. The van der Waals surface area contributed by atoms with Crippen molar-refractivity contribution in [1.82, 2.24) is 10.2 Å². The number of carbonyl (C=O) groups is 1. The van der Waals surface area contributed by atoms with Crippen LogP contribution in [0.15, 0.2) is 0 Å². The number of carbonyl (C=O) groups excluding carboxylic acids is 1. The minimum atomic E-state index is 0.243. The van der Waals surface area contributed by atoms with Crippen LogP contribution in [0.4, 0.5) is 0 Å². The standard InChI is InChI=1S/C10H20N2O/c1-4-10(2,3)8-12-6-5-11-7-9(12)13/h11H,4-8H2,1-3H3. The zero-order chi connectivity index (χ0) is 9.90. The molecule has 1 fully saturated rings. The number of nitrogens with zero attached hydrogens (tertiary/aromatic N) is 1. The summed E-state index contributed by atoms with van der Waals surface area (Å²) in [5.41, 5.74) is 0.257. The molecule has 0 bridgehead atoms. The predicted molar refractivity (Wildman–Crippen MR) is 53.5 cm³/mol. The Balaban J connectivity index is 2.47. The average molecular weight is 184 g/mol. The van der Waals surface area contributed by atoms with Gasteiger partial charge in [-0.05, 0) is 11.8 Å². The van der Waals surface area contributed by atoms with Crippen molar-refractivity contribution in [2.24, 2.45) is 5.41 Å². The van der Waals surface area contributed by atoms with E-state index in [0.717, 1.165) is 26.1 Å². The lowest BCUT2D eigenvalue weighted by atomic mass is 9.89. The van der Waals surface area contributed by atoms with Gasteiger partial charge in [0.2, 0.25) is 5.91 Å². The lowest BCUT2D eigenvalue weighted by molar-refractivity contribution is -0.133. The van der Waals surface area contributed by atoms with E-state index >= 15 is 0 Å². The average Bonchev–Trinajstić information content (AvgIpc) is 2.09. The summed E-state index contributed by atoms with van der Waals surface area (Å²) < 4.78 is 0. The summed E-state index contributed by atoms with van der Waals surface area (Å²) in [6.45, 7) is 9.80. The van der Waals surface area contributed by atoms with Gasteiger partial charge in [-0.15, -0.1) is 0 Å². The molecular formula is C10H20N2O. The van der Waals surface area contributed by atoms with E-state index in [2.05, 4.69) is 26.1 Å². The summed E-state index contributed by atoms with van der Waals surface area (Å²) >= 11 is 0. The smallest absolute Gasteiger partial charge is 0.236 e. The Labute approximate surface area is 80.5 Å². The molecule has 0 aromatic rings. The maximum absolute atomic E-state index is 11.5. The van der Waals surface area contributed by atoms with E-state index in [1.165, 1.54) is 0 Å². The Morgan fingerprint density at radius 1 is 1.54 bits per heavy atom. The van der Waals surface area contributed by atoms with Gasteiger partial charge in [-0.2, -0.15) is 0 Å². The number of amides is 1. The second kappa shape index (κ2) is 4.09. The SMILES string of the molecule is CCC(C)(C)CN1CCNCC1=O. The summed E-state index contributed by atoms with van der Waals surface area (Å²) in [5.74, 6) is 0.243. The third kappa shape index (κ3) is 2.99. The highest BCUT2D eigenvalue weighted by Gasteiger charge is 2.24. The first-order valence-electron chi connectivity index (χ1n) is 5.04. The second-order valence-corrected chi connectivity index (χ2v) is 4.51. The van der Waals surface area contributed by atoms with Crippen LogP contribution < -0.4 is 5.32 Å². The Kier molecular flexibility index (Phi) is 3.31. The van der Waals surface area contributed by atoms with Gasteiger partial charge in [-0.25, -0.2) is 0 Å². The Morgan fingerprint density at radius 2 is 2.23 bits per heavy atom. The van der Waals surface area contributed by atoms with Crippen molar-refractivity contribution in [2.45, 2.75) is 27.2 Å². The van der Waals surface area contributed by atoms with Crippen LogP contribution in [0.3, 0.4) is 0 Å². The Morgan fingerprint density at radius 3 is 2.77 bits per heavy atom. The minimum absolute atomic E-state index is 0.243. The van der Waals surface area contributed by atoms with E-state index in [-0.39, 0.29) is 11.3 Å². The number of nitrogens with one attached hydrogen (secondary N) is 1. The van der Waals surface area contributed by atoms with E-state index < -0.39 is 0 Å². The summed E-state index contributed by atoms with van der Waals surface area (Å²) in [6, 6.07) is 0. The van der Waals surface area contributed by atoms with Gasteiger partial charge in [0.15, 0.2) is 0 Å². The third-order valence-electron chi connectivity index (χ3n) is 2.76. The monoisotopic (exact) mass is 184 g/mol. The zero-order valence-electron chi connectivity index (χ0n) is 8.89. The van der Waals surface area contributed by atoms with Gasteiger partial charge in [0.1, 0.15) is 0 Å². The van der Waals surface area contributed by atoms with Crippen molar-refractivity contribution >= 4 is 5.91 Å². The summed E-state index contributed by atoms with van der Waals surface area (Å²) in [5, 5.41) is 3.08. The molecule has 1 rings (SSSR count). The first kappa shape index (κ1) is 10.5. The van der Waals surface area contributed by atoms with Crippen molar-refractivity contribution < 1.29 is 4.79 Å². The van der Waals surface area contributed by atoms with E-state index in [1.54, 1.807) is 0 Å². The fourth-order valence-electron chi connectivity index (χ4n) is 1.44. The molecule has 0 aromatic heterocycles.